The minimum absolute atomic E-state index is 0.231. The molecule has 6 heteroatoms. The van der Waals surface area contributed by atoms with Gasteiger partial charge in [0.15, 0.2) is 0 Å². The van der Waals surface area contributed by atoms with E-state index in [9.17, 15) is 9.59 Å². The summed E-state index contributed by atoms with van der Waals surface area (Å²) in [6, 6.07) is 0. The summed E-state index contributed by atoms with van der Waals surface area (Å²) in [5, 5.41) is 24.4. The van der Waals surface area contributed by atoms with E-state index in [0.717, 1.165) is 0 Å². The van der Waals surface area contributed by atoms with Crippen LogP contribution in [-0.2, 0) is 9.59 Å². The van der Waals surface area contributed by atoms with Gasteiger partial charge in [0.25, 0.3) is 0 Å². The van der Waals surface area contributed by atoms with Gasteiger partial charge in [0.05, 0.1) is 0 Å². The molecular weight excluding hydrogens is 139 g/mol. The number of Topliss-reactive ketones (excluding diaryl/α,β-unsaturated/α-hetero) is 1. The lowest BCUT2D eigenvalue weighted by Crippen LogP contribution is -2.17. The maximum atomic E-state index is 10.2. The molecule has 0 saturated heterocycles. The number of carboxylic acids is 1. The molecule has 0 bridgehead atoms. The second-order valence-corrected chi connectivity index (χ2v) is 1.75. The maximum absolute atomic E-state index is 10.2. The number of carbonyl (C=O) groups is 2. The summed E-state index contributed by atoms with van der Waals surface area (Å²) < 4.78 is 0. The average Bonchev–Trinajstić information content (AvgIpc) is 1.82. The van der Waals surface area contributed by atoms with Crippen LogP contribution in [0.5, 0.6) is 0 Å². The van der Waals surface area contributed by atoms with E-state index >= 15 is 0 Å². The Hall–Kier alpha value is -0.875. The molecule has 0 aliphatic heterocycles. The molecule has 0 rings (SSSR count). The van der Waals surface area contributed by atoms with Crippen molar-refractivity contribution >= 4 is 18.9 Å². The molecule has 3 N–H and O–H groups in total. The number of hydrogen-bond donors (Lipinski definition) is 3. The number of carboxylic acid groups (broad SMARTS) is 1. The molecule has 0 fully saturated rings. The van der Waals surface area contributed by atoms with Crippen molar-refractivity contribution < 1.29 is 24.7 Å². The van der Waals surface area contributed by atoms with E-state index in [1.165, 1.54) is 0 Å². The van der Waals surface area contributed by atoms with E-state index in [-0.39, 0.29) is 12.7 Å². The molecule has 0 radical (unpaired) electrons. The Bertz CT molecular complexity index is 143. The second-order valence-electron chi connectivity index (χ2n) is 1.75. The Morgan fingerprint density at radius 2 is 1.80 bits per heavy atom. The third kappa shape index (κ3) is 4.05. The average molecular weight is 146 g/mol. The predicted molar refractivity (Wildman–Crippen MR) is 32.3 cm³/mol. The largest absolute Gasteiger partial charge is 0.476 e. The highest BCUT2D eigenvalue weighted by Gasteiger charge is 2.15. The predicted octanol–water partition coefficient (Wildman–Crippen LogP) is -1.50. The molecule has 56 valence electrons. The molecule has 0 amide bonds. The minimum atomic E-state index is -1.61. The molecule has 0 aromatic rings. The van der Waals surface area contributed by atoms with Gasteiger partial charge in [0.1, 0.15) is 0 Å². The third-order valence-corrected chi connectivity index (χ3v) is 0.868. The summed E-state index contributed by atoms with van der Waals surface area (Å²) in [5.74, 6) is -2.55. The first-order valence-electron chi connectivity index (χ1n) is 2.66. The summed E-state index contributed by atoms with van der Waals surface area (Å²) in [6.45, 7) is 0. The summed E-state index contributed by atoms with van der Waals surface area (Å²) in [6.07, 6.45) is -0.571. The fraction of sp³-hybridized carbons (Fsp3) is 0.500. The van der Waals surface area contributed by atoms with Crippen LogP contribution in [0.2, 0.25) is 6.32 Å². The van der Waals surface area contributed by atoms with Crippen molar-refractivity contribution in [2.45, 2.75) is 12.7 Å². The van der Waals surface area contributed by atoms with Gasteiger partial charge in [-0.15, -0.1) is 0 Å². The molecule has 0 aromatic heterocycles. The smallest absolute Gasteiger partial charge is 0.451 e. The minimum Gasteiger partial charge on any atom is -0.476 e. The molecule has 5 nitrogen and oxygen atoms in total. The lowest BCUT2D eigenvalue weighted by molar-refractivity contribution is -0.148. The Balaban J connectivity index is 3.50. The van der Waals surface area contributed by atoms with Crippen LogP contribution in [0.1, 0.15) is 6.42 Å². The van der Waals surface area contributed by atoms with E-state index in [0.29, 0.717) is 0 Å². The van der Waals surface area contributed by atoms with Crippen molar-refractivity contribution in [3.05, 3.63) is 0 Å². The standard InChI is InChI=1S/C4H7BO5/c6-3(4(7)8)1-2-5(9)10/h9-10H,1-2H2,(H,7,8). The van der Waals surface area contributed by atoms with Crippen LogP contribution in [0.25, 0.3) is 0 Å². The van der Waals surface area contributed by atoms with E-state index in [4.69, 9.17) is 15.2 Å². The maximum Gasteiger partial charge on any atom is 0.451 e. The highest BCUT2D eigenvalue weighted by molar-refractivity contribution is 6.43. The third-order valence-electron chi connectivity index (χ3n) is 0.868. The molecule has 0 atom stereocenters. The zero-order valence-corrected chi connectivity index (χ0v) is 5.15. The van der Waals surface area contributed by atoms with Crippen LogP contribution < -0.4 is 0 Å². The summed E-state index contributed by atoms with van der Waals surface area (Å²) >= 11 is 0. The highest BCUT2D eigenvalue weighted by atomic mass is 16.4. The SMILES string of the molecule is O=C(O)C(=O)CCB(O)O. The Labute approximate surface area is 57.4 Å². The number of ketones is 1. The first-order valence-corrected chi connectivity index (χ1v) is 2.66. The summed E-state index contributed by atoms with van der Waals surface area (Å²) in [4.78, 5) is 20.0. The van der Waals surface area contributed by atoms with Crippen molar-refractivity contribution in [1.29, 1.82) is 0 Å². The lowest BCUT2D eigenvalue weighted by atomic mass is 9.83. The molecule has 0 aliphatic rings. The normalized spacial score (nSPS) is 9.00. The van der Waals surface area contributed by atoms with Crippen LogP contribution in [0.15, 0.2) is 0 Å². The first-order chi connectivity index (χ1) is 4.54. The van der Waals surface area contributed by atoms with E-state index in [1.807, 2.05) is 0 Å². The molecule has 0 aliphatic carbocycles. The molecule has 0 unspecified atom stereocenters. The van der Waals surface area contributed by atoms with E-state index in [2.05, 4.69) is 0 Å². The van der Waals surface area contributed by atoms with Gasteiger partial charge in [-0.1, -0.05) is 0 Å². The lowest BCUT2D eigenvalue weighted by Gasteiger charge is -1.93. The van der Waals surface area contributed by atoms with Crippen LogP contribution in [0, 0.1) is 0 Å². The van der Waals surface area contributed by atoms with Gasteiger partial charge in [-0.3, -0.25) is 4.79 Å². The van der Waals surface area contributed by atoms with Gasteiger partial charge in [0.2, 0.25) is 5.78 Å². The van der Waals surface area contributed by atoms with Gasteiger partial charge in [-0.05, 0) is 6.32 Å². The fourth-order valence-corrected chi connectivity index (χ4v) is 0.367. The number of aliphatic carboxylic acids is 1. The van der Waals surface area contributed by atoms with Crippen molar-refractivity contribution in [1.82, 2.24) is 0 Å². The summed E-state index contributed by atoms with van der Waals surface area (Å²) in [7, 11) is -1.61. The molecular formula is C4H7BO5. The molecule has 0 saturated carbocycles. The van der Waals surface area contributed by atoms with Gasteiger partial charge < -0.3 is 15.2 Å². The van der Waals surface area contributed by atoms with Crippen molar-refractivity contribution in [2.24, 2.45) is 0 Å². The van der Waals surface area contributed by atoms with Gasteiger partial charge in [-0.25, -0.2) is 4.79 Å². The molecule has 10 heavy (non-hydrogen) atoms. The van der Waals surface area contributed by atoms with Crippen molar-refractivity contribution in [3.8, 4) is 0 Å². The molecule has 0 spiro atoms. The Morgan fingerprint density at radius 3 is 2.10 bits per heavy atom. The van der Waals surface area contributed by atoms with Crippen LogP contribution >= 0.6 is 0 Å². The van der Waals surface area contributed by atoms with Crippen LogP contribution in [0.3, 0.4) is 0 Å². The van der Waals surface area contributed by atoms with Gasteiger partial charge in [-0.2, -0.15) is 0 Å². The van der Waals surface area contributed by atoms with Crippen molar-refractivity contribution in [2.75, 3.05) is 0 Å². The quantitative estimate of drug-likeness (QED) is 0.331. The van der Waals surface area contributed by atoms with Gasteiger partial charge >= 0.3 is 13.1 Å². The van der Waals surface area contributed by atoms with Crippen molar-refractivity contribution in [3.63, 3.8) is 0 Å². The molecule has 0 heterocycles. The van der Waals surface area contributed by atoms with Crippen LogP contribution in [-0.4, -0.2) is 34.0 Å². The zero-order valence-electron chi connectivity index (χ0n) is 5.15. The highest BCUT2D eigenvalue weighted by Crippen LogP contribution is 1.93. The Kier molecular flexibility index (Phi) is 3.67. The fourth-order valence-electron chi connectivity index (χ4n) is 0.367. The van der Waals surface area contributed by atoms with Gasteiger partial charge in [0, 0.05) is 6.42 Å². The van der Waals surface area contributed by atoms with Crippen LogP contribution in [0.4, 0.5) is 0 Å². The topological polar surface area (TPSA) is 94.8 Å². The monoisotopic (exact) mass is 146 g/mol. The zero-order chi connectivity index (χ0) is 8.15. The second kappa shape index (κ2) is 4.02. The van der Waals surface area contributed by atoms with E-state index in [1.54, 1.807) is 0 Å². The number of rotatable bonds is 4. The number of hydrogen-bond acceptors (Lipinski definition) is 4. The first kappa shape index (κ1) is 9.12. The Morgan fingerprint density at radius 1 is 1.30 bits per heavy atom. The molecule has 0 aromatic carbocycles. The van der Waals surface area contributed by atoms with E-state index < -0.39 is 18.9 Å². The summed E-state index contributed by atoms with van der Waals surface area (Å²) in [5.41, 5.74) is 0. The number of carbonyl (C=O) groups excluding carboxylic acids is 1.